The van der Waals surface area contributed by atoms with Crippen LogP contribution in [-0.4, -0.2) is 15.8 Å². The molecule has 0 saturated heterocycles. The van der Waals surface area contributed by atoms with Crippen molar-refractivity contribution in [3.8, 4) is 0 Å². The summed E-state index contributed by atoms with van der Waals surface area (Å²) in [6.07, 6.45) is 1.65. The van der Waals surface area contributed by atoms with E-state index in [9.17, 15) is 4.79 Å². The fourth-order valence-corrected chi connectivity index (χ4v) is 1.74. The number of aromatic nitrogens is 2. The van der Waals surface area contributed by atoms with Crippen LogP contribution >= 0.6 is 0 Å². The quantitative estimate of drug-likeness (QED) is 0.772. The van der Waals surface area contributed by atoms with Gasteiger partial charge in [0.2, 0.25) is 5.78 Å². The van der Waals surface area contributed by atoms with Crippen molar-refractivity contribution in [2.45, 2.75) is 26.7 Å². The molecule has 92 valence electrons. The van der Waals surface area contributed by atoms with Gasteiger partial charge in [-0.3, -0.25) is 4.79 Å². The van der Waals surface area contributed by atoms with Gasteiger partial charge >= 0.3 is 0 Å². The van der Waals surface area contributed by atoms with E-state index in [1.807, 2.05) is 38.1 Å². The fraction of sp³-hybridized carbons (Fsp3) is 0.267. The molecule has 0 unspecified atom stereocenters. The summed E-state index contributed by atoms with van der Waals surface area (Å²) in [5.74, 6) is -0.111. The molecular formula is C15H16N2O. The highest BCUT2D eigenvalue weighted by molar-refractivity contribution is 6.06. The van der Waals surface area contributed by atoms with Crippen LogP contribution in [0.25, 0.3) is 0 Å². The van der Waals surface area contributed by atoms with E-state index in [1.165, 1.54) is 0 Å². The number of rotatable bonds is 4. The summed E-state index contributed by atoms with van der Waals surface area (Å²) in [6.45, 7) is 4.04. The van der Waals surface area contributed by atoms with Crippen LogP contribution < -0.4 is 0 Å². The van der Waals surface area contributed by atoms with Gasteiger partial charge in [0.25, 0.3) is 0 Å². The van der Waals surface area contributed by atoms with Crippen LogP contribution in [0.1, 0.15) is 41.4 Å². The van der Waals surface area contributed by atoms with Gasteiger partial charge in [0.15, 0.2) is 0 Å². The molecule has 2 heterocycles. The molecular weight excluding hydrogens is 224 g/mol. The molecule has 0 N–H and O–H groups in total. The van der Waals surface area contributed by atoms with Gasteiger partial charge in [-0.25, -0.2) is 9.97 Å². The molecule has 0 atom stereocenters. The summed E-state index contributed by atoms with van der Waals surface area (Å²) in [5.41, 5.74) is 2.78. The largest absolute Gasteiger partial charge is 0.285 e. The maximum Gasteiger partial charge on any atom is 0.229 e. The lowest BCUT2D eigenvalue weighted by Gasteiger charge is -2.03. The van der Waals surface area contributed by atoms with E-state index in [0.29, 0.717) is 11.4 Å². The van der Waals surface area contributed by atoms with Gasteiger partial charge in [-0.05, 0) is 37.1 Å². The lowest BCUT2D eigenvalue weighted by atomic mass is 10.1. The second-order valence-corrected chi connectivity index (χ2v) is 4.06. The first kappa shape index (κ1) is 12.4. The Kier molecular flexibility index (Phi) is 3.82. The molecule has 3 heteroatoms. The molecule has 0 amide bonds. The van der Waals surface area contributed by atoms with Gasteiger partial charge in [-0.1, -0.05) is 26.0 Å². The molecule has 0 fully saturated rings. The van der Waals surface area contributed by atoms with Crippen LogP contribution in [0, 0.1) is 0 Å². The number of aryl methyl sites for hydroxylation is 2. The minimum atomic E-state index is -0.111. The zero-order valence-corrected chi connectivity index (χ0v) is 10.7. The number of carbonyl (C=O) groups excluding carboxylic acids is 1. The normalized spacial score (nSPS) is 10.3. The Bertz CT molecular complexity index is 514. The van der Waals surface area contributed by atoms with E-state index in [4.69, 9.17) is 0 Å². The summed E-state index contributed by atoms with van der Waals surface area (Å²) in [4.78, 5) is 20.9. The van der Waals surface area contributed by atoms with E-state index in [1.54, 1.807) is 12.1 Å². The minimum absolute atomic E-state index is 0.111. The van der Waals surface area contributed by atoms with Gasteiger partial charge in [-0.15, -0.1) is 0 Å². The van der Waals surface area contributed by atoms with Crippen LogP contribution in [-0.2, 0) is 12.8 Å². The van der Waals surface area contributed by atoms with Gasteiger partial charge in [0.05, 0.1) is 0 Å². The van der Waals surface area contributed by atoms with Crippen molar-refractivity contribution in [2.24, 2.45) is 0 Å². The topological polar surface area (TPSA) is 42.9 Å². The van der Waals surface area contributed by atoms with Crippen molar-refractivity contribution < 1.29 is 4.79 Å². The highest BCUT2D eigenvalue weighted by Gasteiger charge is 2.12. The second kappa shape index (κ2) is 5.54. The van der Waals surface area contributed by atoms with E-state index < -0.39 is 0 Å². The molecule has 0 aliphatic carbocycles. The lowest BCUT2D eigenvalue weighted by Crippen LogP contribution is -2.08. The number of pyridine rings is 2. The van der Waals surface area contributed by atoms with Crippen LogP contribution in [0.5, 0.6) is 0 Å². The number of hydrogen-bond acceptors (Lipinski definition) is 3. The number of ketones is 1. The lowest BCUT2D eigenvalue weighted by molar-refractivity contribution is 0.102. The zero-order valence-electron chi connectivity index (χ0n) is 10.7. The SMILES string of the molecule is CCc1cccc(C(=O)c2cccc(CC)n2)n1. The van der Waals surface area contributed by atoms with Gasteiger partial charge in [0, 0.05) is 11.4 Å². The molecule has 0 aromatic carbocycles. The van der Waals surface area contributed by atoms with Crippen molar-refractivity contribution in [3.05, 3.63) is 59.2 Å². The molecule has 0 aliphatic heterocycles. The van der Waals surface area contributed by atoms with Crippen LogP contribution in [0.4, 0.5) is 0 Å². The van der Waals surface area contributed by atoms with Crippen LogP contribution in [0.15, 0.2) is 36.4 Å². The molecule has 2 aromatic rings. The molecule has 18 heavy (non-hydrogen) atoms. The third-order valence-corrected chi connectivity index (χ3v) is 2.80. The zero-order chi connectivity index (χ0) is 13.0. The summed E-state index contributed by atoms with van der Waals surface area (Å²) in [5, 5.41) is 0. The molecule has 0 spiro atoms. The molecule has 0 saturated carbocycles. The summed E-state index contributed by atoms with van der Waals surface area (Å²) >= 11 is 0. The predicted octanol–water partition coefficient (Wildman–Crippen LogP) is 2.83. The third-order valence-electron chi connectivity index (χ3n) is 2.80. The van der Waals surface area contributed by atoms with Crippen molar-refractivity contribution >= 4 is 5.78 Å². The van der Waals surface area contributed by atoms with Crippen molar-refractivity contribution in [2.75, 3.05) is 0 Å². The maximum absolute atomic E-state index is 12.3. The second-order valence-electron chi connectivity index (χ2n) is 4.06. The Morgan fingerprint density at radius 3 is 1.72 bits per heavy atom. The molecule has 0 bridgehead atoms. The first-order valence-corrected chi connectivity index (χ1v) is 6.21. The number of nitrogens with zero attached hydrogens (tertiary/aromatic N) is 2. The van der Waals surface area contributed by atoms with Crippen LogP contribution in [0.3, 0.4) is 0 Å². The molecule has 0 radical (unpaired) electrons. The predicted molar refractivity (Wildman–Crippen MR) is 70.7 cm³/mol. The average Bonchev–Trinajstić information content (AvgIpc) is 2.46. The smallest absolute Gasteiger partial charge is 0.229 e. The van der Waals surface area contributed by atoms with Gasteiger partial charge in [0.1, 0.15) is 11.4 Å². The molecule has 0 aliphatic rings. The number of carbonyl (C=O) groups is 1. The number of hydrogen-bond donors (Lipinski definition) is 0. The van der Waals surface area contributed by atoms with Gasteiger partial charge in [-0.2, -0.15) is 0 Å². The monoisotopic (exact) mass is 240 g/mol. The highest BCUT2D eigenvalue weighted by Crippen LogP contribution is 2.08. The van der Waals surface area contributed by atoms with E-state index in [0.717, 1.165) is 24.2 Å². The minimum Gasteiger partial charge on any atom is -0.285 e. The Hall–Kier alpha value is -2.03. The van der Waals surface area contributed by atoms with E-state index >= 15 is 0 Å². The van der Waals surface area contributed by atoms with E-state index in [2.05, 4.69) is 9.97 Å². The fourth-order valence-electron chi connectivity index (χ4n) is 1.74. The third kappa shape index (κ3) is 2.62. The first-order chi connectivity index (χ1) is 8.74. The Morgan fingerprint density at radius 1 is 0.889 bits per heavy atom. The van der Waals surface area contributed by atoms with Crippen molar-refractivity contribution in [1.29, 1.82) is 0 Å². The summed E-state index contributed by atoms with van der Waals surface area (Å²) in [7, 11) is 0. The Morgan fingerprint density at radius 2 is 1.33 bits per heavy atom. The highest BCUT2D eigenvalue weighted by atomic mass is 16.1. The Balaban J connectivity index is 2.34. The van der Waals surface area contributed by atoms with E-state index in [-0.39, 0.29) is 5.78 Å². The molecule has 3 nitrogen and oxygen atoms in total. The van der Waals surface area contributed by atoms with Gasteiger partial charge < -0.3 is 0 Å². The summed E-state index contributed by atoms with van der Waals surface area (Å²) < 4.78 is 0. The average molecular weight is 240 g/mol. The maximum atomic E-state index is 12.3. The van der Waals surface area contributed by atoms with Crippen molar-refractivity contribution in [1.82, 2.24) is 9.97 Å². The molecule has 2 rings (SSSR count). The standard InChI is InChI=1S/C15H16N2O/c1-3-11-7-5-9-13(16-11)15(18)14-10-6-8-12(4-2)17-14/h5-10H,3-4H2,1-2H3. The summed E-state index contributed by atoms with van der Waals surface area (Å²) in [6, 6.07) is 11.1. The Labute approximate surface area is 107 Å². The first-order valence-electron chi connectivity index (χ1n) is 6.21. The van der Waals surface area contributed by atoms with Crippen LogP contribution in [0.2, 0.25) is 0 Å². The molecule has 2 aromatic heterocycles. The van der Waals surface area contributed by atoms with Crippen molar-refractivity contribution in [3.63, 3.8) is 0 Å².